The molecule has 2 aromatic carbocycles. The van der Waals surface area contributed by atoms with E-state index in [2.05, 4.69) is 31.9 Å². The molecule has 0 spiro atoms. The van der Waals surface area contributed by atoms with Crippen LogP contribution in [0.4, 0.5) is 0 Å². The molecule has 1 aliphatic heterocycles. The SMILES string of the molecule is Clc1ccccc1[C@]1(CBr)OC[C@H](OCc2ccc(Br)cc2)CO1. The van der Waals surface area contributed by atoms with Crippen molar-refractivity contribution in [2.75, 3.05) is 18.5 Å². The van der Waals surface area contributed by atoms with Crippen molar-refractivity contribution in [2.45, 2.75) is 18.5 Å². The number of ether oxygens (including phenoxy) is 3. The first-order valence-corrected chi connectivity index (χ1v) is 9.87. The Balaban J connectivity index is 1.60. The Morgan fingerprint density at radius 2 is 1.75 bits per heavy atom. The molecule has 1 saturated heterocycles. The van der Waals surface area contributed by atoms with Gasteiger partial charge in [0.05, 0.1) is 25.2 Å². The number of halogens is 3. The van der Waals surface area contributed by atoms with Crippen LogP contribution in [0.2, 0.25) is 5.02 Å². The van der Waals surface area contributed by atoms with Gasteiger partial charge in [0.25, 0.3) is 0 Å². The molecule has 0 amide bonds. The van der Waals surface area contributed by atoms with Gasteiger partial charge in [-0.05, 0) is 23.8 Å². The van der Waals surface area contributed by atoms with Gasteiger partial charge >= 0.3 is 0 Å². The summed E-state index contributed by atoms with van der Waals surface area (Å²) in [5, 5.41) is 1.13. The van der Waals surface area contributed by atoms with E-state index in [9.17, 15) is 0 Å². The normalized spacial score (nSPS) is 24.0. The Bertz CT molecular complexity index is 670. The largest absolute Gasteiger partial charge is 0.369 e. The lowest BCUT2D eigenvalue weighted by Crippen LogP contribution is -2.46. The predicted octanol–water partition coefficient (Wildman–Crippen LogP) is 5.28. The van der Waals surface area contributed by atoms with Crippen LogP contribution in [0.25, 0.3) is 0 Å². The molecule has 0 unspecified atom stereocenters. The zero-order valence-corrected chi connectivity index (χ0v) is 16.8. The summed E-state index contributed by atoms with van der Waals surface area (Å²) in [5.74, 6) is -0.865. The van der Waals surface area contributed by atoms with Crippen molar-refractivity contribution in [3.63, 3.8) is 0 Å². The van der Waals surface area contributed by atoms with Gasteiger partial charge in [0, 0.05) is 15.1 Å². The fourth-order valence-corrected chi connectivity index (χ4v) is 3.68. The molecule has 2 aromatic rings. The smallest absolute Gasteiger partial charge is 0.206 e. The quantitative estimate of drug-likeness (QED) is 0.550. The zero-order valence-electron chi connectivity index (χ0n) is 12.9. The lowest BCUT2D eigenvalue weighted by atomic mass is 10.1. The summed E-state index contributed by atoms with van der Waals surface area (Å²) < 4.78 is 19.0. The van der Waals surface area contributed by atoms with Crippen molar-refractivity contribution in [3.05, 3.63) is 69.2 Å². The van der Waals surface area contributed by atoms with Crippen molar-refractivity contribution in [2.24, 2.45) is 0 Å². The summed E-state index contributed by atoms with van der Waals surface area (Å²) in [5.41, 5.74) is 1.94. The van der Waals surface area contributed by atoms with Crippen molar-refractivity contribution >= 4 is 43.5 Å². The molecule has 6 heteroatoms. The summed E-state index contributed by atoms with van der Waals surface area (Å²) in [4.78, 5) is 0. The minimum Gasteiger partial charge on any atom is -0.369 e. The second-order valence-corrected chi connectivity index (χ2v) is 7.43. The molecule has 0 N–H and O–H groups in total. The van der Waals surface area contributed by atoms with Crippen molar-refractivity contribution in [3.8, 4) is 0 Å². The fourth-order valence-electron chi connectivity index (χ4n) is 2.51. The van der Waals surface area contributed by atoms with Gasteiger partial charge < -0.3 is 14.2 Å². The maximum Gasteiger partial charge on any atom is 0.206 e. The Morgan fingerprint density at radius 1 is 1.08 bits per heavy atom. The molecule has 0 saturated carbocycles. The lowest BCUT2D eigenvalue weighted by Gasteiger charge is -2.39. The Hall–Kier alpha value is -0.430. The lowest BCUT2D eigenvalue weighted by molar-refractivity contribution is -0.294. The molecule has 0 aliphatic carbocycles. The number of hydrogen-bond acceptors (Lipinski definition) is 3. The summed E-state index contributed by atoms with van der Waals surface area (Å²) in [6.07, 6.45) is -0.108. The van der Waals surface area contributed by atoms with E-state index in [0.717, 1.165) is 15.6 Å². The first kappa shape index (κ1) is 18.4. The monoisotopic (exact) mass is 474 g/mol. The summed E-state index contributed by atoms with van der Waals surface area (Å²) >= 11 is 13.2. The highest BCUT2D eigenvalue weighted by molar-refractivity contribution is 9.10. The number of benzene rings is 2. The molecule has 1 fully saturated rings. The highest BCUT2D eigenvalue weighted by Crippen LogP contribution is 2.37. The van der Waals surface area contributed by atoms with Gasteiger partial charge in [0.2, 0.25) is 5.79 Å². The van der Waals surface area contributed by atoms with Crippen molar-refractivity contribution in [1.29, 1.82) is 0 Å². The third-order valence-electron chi connectivity index (χ3n) is 3.86. The first-order valence-electron chi connectivity index (χ1n) is 7.58. The fraction of sp³-hybridized carbons (Fsp3) is 0.333. The van der Waals surface area contributed by atoms with Gasteiger partial charge in [-0.25, -0.2) is 0 Å². The van der Waals surface area contributed by atoms with Crippen LogP contribution in [0.15, 0.2) is 53.0 Å². The maximum atomic E-state index is 6.30. The third kappa shape index (κ3) is 4.21. The van der Waals surface area contributed by atoms with Crippen LogP contribution in [0, 0.1) is 0 Å². The van der Waals surface area contributed by atoms with Crippen LogP contribution < -0.4 is 0 Å². The molecule has 3 rings (SSSR count). The Labute approximate surface area is 163 Å². The van der Waals surface area contributed by atoms with Gasteiger partial charge in [0.15, 0.2) is 0 Å². The average molecular weight is 477 g/mol. The van der Waals surface area contributed by atoms with Crippen LogP contribution in [0.3, 0.4) is 0 Å². The molecule has 0 atom stereocenters. The standard InChI is InChI=1S/C18H17Br2ClO3/c19-12-18(16-3-1-2-4-17(16)21)23-10-15(11-24-18)22-9-13-5-7-14(20)8-6-13/h1-8,15H,9-12H2/t15-,18+. The second-order valence-electron chi connectivity index (χ2n) is 5.55. The van der Waals surface area contributed by atoms with Crippen LogP contribution >= 0.6 is 43.5 Å². The highest BCUT2D eigenvalue weighted by atomic mass is 79.9. The van der Waals surface area contributed by atoms with E-state index in [-0.39, 0.29) is 6.10 Å². The molecule has 0 bridgehead atoms. The molecule has 1 heterocycles. The maximum absolute atomic E-state index is 6.30. The average Bonchev–Trinajstić information content (AvgIpc) is 2.62. The topological polar surface area (TPSA) is 27.7 Å². The van der Waals surface area contributed by atoms with Gasteiger partial charge in [-0.1, -0.05) is 73.8 Å². The molecule has 3 nitrogen and oxygen atoms in total. The van der Waals surface area contributed by atoms with Gasteiger partial charge in [-0.3, -0.25) is 0 Å². The third-order valence-corrected chi connectivity index (χ3v) is 5.46. The van der Waals surface area contributed by atoms with Crippen molar-refractivity contribution in [1.82, 2.24) is 0 Å². The molecular formula is C18H17Br2ClO3. The van der Waals surface area contributed by atoms with E-state index in [1.54, 1.807) is 0 Å². The molecule has 1 aliphatic rings. The van der Waals surface area contributed by atoms with Gasteiger partial charge in [-0.2, -0.15) is 0 Å². The Morgan fingerprint density at radius 3 is 2.38 bits per heavy atom. The van der Waals surface area contributed by atoms with E-state index in [1.807, 2.05) is 48.5 Å². The molecular weight excluding hydrogens is 459 g/mol. The van der Waals surface area contributed by atoms with Crippen LogP contribution in [0.1, 0.15) is 11.1 Å². The van der Waals surface area contributed by atoms with E-state index in [4.69, 9.17) is 25.8 Å². The van der Waals surface area contributed by atoms with Gasteiger partial charge in [0.1, 0.15) is 6.10 Å². The van der Waals surface area contributed by atoms with E-state index >= 15 is 0 Å². The van der Waals surface area contributed by atoms with Crippen LogP contribution in [-0.4, -0.2) is 24.6 Å². The van der Waals surface area contributed by atoms with Crippen molar-refractivity contribution < 1.29 is 14.2 Å². The molecule has 0 radical (unpaired) electrons. The van der Waals surface area contributed by atoms with Crippen LogP contribution in [-0.2, 0) is 26.6 Å². The van der Waals surface area contributed by atoms with E-state index in [1.165, 1.54) is 0 Å². The molecule has 128 valence electrons. The zero-order chi connectivity index (χ0) is 17.0. The Kier molecular flexibility index (Phi) is 6.35. The van der Waals surface area contributed by atoms with E-state index < -0.39 is 5.79 Å². The summed E-state index contributed by atoms with van der Waals surface area (Å²) in [6, 6.07) is 15.6. The minimum atomic E-state index is -0.865. The van der Waals surface area contributed by atoms with E-state index in [0.29, 0.717) is 30.2 Å². The summed E-state index contributed by atoms with van der Waals surface area (Å²) in [7, 11) is 0. The first-order chi connectivity index (χ1) is 11.6. The second kappa shape index (κ2) is 8.30. The minimum absolute atomic E-state index is 0.108. The highest BCUT2D eigenvalue weighted by Gasteiger charge is 2.40. The number of rotatable bonds is 5. The van der Waals surface area contributed by atoms with Crippen LogP contribution in [0.5, 0.6) is 0 Å². The molecule has 0 aromatic heterocycles. The molecule has 24 heavy (non-hydrogen) atoms. The predicted molar refractivity (Wildman–Crippen MR) is 102 cm³/mol. The summed E-state index contributed by atoms with van der Waals surface area (Å²) in [6.45, 7) is 1.43. The number of hydrogen-bond donors (Lipinski definition) is 0. The number of alkyl halides is 1. The van der Waals surface area contributed by atoms with Gasteiger partial charge in [-0.15, -0.1) is 0 Å².